The number of ether oxygens (including phenoxy) is 1. The molecule has 102 valence electrons. The van der Waals surface area contributed by atoms with Gasteiger partial charge in [0.25, 0.3) is 0 Å². The van der Waals surface area contributed by atoms with Crippen molar-refractivity contribution in [2.75, 3.05) is 6.61 Å². The van der Waals surface area contributed by atoms with Crippen molar-refractivity contribution in [1.82, 2.24) is 9.55 Å². The van der Waals surface area contributed by atoms with Crippen LogP contribution in [0, 0.1) is 6.92 Å². The number of aryl methyl sites for hydroxylation is 2. The molecule has 2 aromatic rings. The molecule has 0 saturated heterocycles. The molecule has 0 amide bonds. The van der Waals surface area contributed by atoms with Gasteiger partial charge in [0.2, 0.25) is 0 Å². The molecule has 0 spiro atoms. The lowest BCUT2D eigenvalue weighted by molar-refractivity contribution is 0.199. The molecule has 4 nitrogen and oxygen atoms in total. The van der Waals surface area contributed by atoms with E-state index in [0.717, 1.165) is 29.8 Å². The number of rotatable bonds is 6. The van der Waals surface area contributed by atoms with Crippen molar-refractivity contribution in [3.63, 3.8) is 0 Å². The first kappa shape index (κ1) is 13.6. The SMILES string of the molecule is Cc1cc([C@@H](C)O)ccc1OCCCn1ccnc1. The lowest BCUT2D eigenvalue weighted by atomic mass is 10.1. The molecule has 4 heteroatoms. The van der Waals surface area contributed by atoms with Crippen LogP contribution in [0.15, 0.2) is 36.9 Å². The third-order valence-corrected chi connectivity index (χ3v) is 3.06. The summed E-state index contributed by atoms with van der Waals surface area (Å²) in [7, 11) is 0. The van der Waals surface area contributed by atoms with Gasteiger partial charge in [-0.2, -0.15) is 0 Å². The molecule has 0 aliphatic heterocycles. The van der Waals surface area contributed by atoms with E-state index >= 15 is 0 Å². The van der Waals surface area contributed by atoms with Gasteiger partial charge in [-0.1, -0.05) is 6.07 Å². The van der Waals surface area contributed by atoms with Gasteiger partial charge in [0.05, 0.1) is 19.0 Å². The minimum absolute atomic E-state index is 0.436. The summed E-state index contributed by atoms with van der Waals surface area (Å²) in [6, 6.07) is 5.80. The third kappa shape index (κ3) is 3.83. The number of nitrogens with zero attached hydrogens (tertiary/aromatic N) is 2. The van der Waals surface area contributed by atoms with Crippen LogP contribution in [0.5, 0.6) is 5.75 Å². The first-order valence-corrected chi connectivity index (χ1v) is 6.54. The Hall–Kier alpha value is -1.81. The standard InChI is InChI=1S/C15H20N2O2/c1-12-10-14(13(2)18)4-5-15(12)19-9-3-7-17-8-6-16-11-17/h4-6,8,10-11,13,18H,3,7,9H2,1-2H3/t13-/m1/s1. The number of hydrogen-bond acceptors (Lipinski definition) is 3. The third-order valence-electron chi connectivity index (χ3n) is 3.06. The molecule has 1 atom stereocenters. The molecular weight excluding hydrogens is 240 g/mol. The van der Waals surface area contributed by atoms with Gasteiger partial charge in [0.1, 0.15) is 5.75 Å². The molecule has 0 aliphatic rings. The Bertz CT molecular complexity index is 507. The monoisotopic (exact) mass is 260 g/mol. The number of imidazole rings is 1. The first-order valence-electron chi connectivity index (χ1n) is 6.54. The number of benzene rings is 1. The van der Waals surface area contributed by atoms with Crippen LogP contribution in [0.2, 0.25) is 0 Å². The molecule has 1 heterocycles. The van der Waals surface area contributed by atoms with E-state index in [-0.39, 0.29) is 0 Å². The predicted octanol–water partition coefficient (Wildman–Crippen LogP) is 2.71. The van der Waals surface area contributed by atoms with Crippen LogP contribution in [-0.2, 0) is 6.54 Å². The second kappa shape index (κ2) is 6.38. The molecule has 0 saturated carbocycles. The molecule has 19 heavy (non-hydrogen) atoms. The van der Waals surface area contributed by atoms with Crippen molar-refractivity contribution in [3.05, 3.63) is 48.0 Å². The first-order chi connectivity index (χ1) is 9.16. The Morgan fingerprint density at radius 2 is 2.26 bits per heavy atom. The second-order valence-corrected chi connectivity index (χ2v) is 4.70. The zero-order chi connectivity index (χ0) is 13.7. The largest absolute Gasteiger partial charge is 0.493 e. The summed E-state index contributed by atoms with van der Waals surface area (Å²) in [6.45, 7) is 5.34. The van der Waals surface area contributed by atoms with Gasteiger partial charge in [-0.3, -0.25) is 0 Å². The van der Waals surface area contributed by atoms with E-state index in [9.17, 15) is 5.11 Å². The number of aliphatic hydroxyl groups excluding tert-OH is 1. The summed E-state index contributed by atoms with van der Waals surface area (Å²) in [5.74, 6) is 0.884. The van der Waals surface area contributed by atoms with Crippen LogP contribution >= 0.6 is 0 Å². The van der Waals surface area contributed by atoms with Crippen molar-refractivity contribution >= 4 is 0 Å². The van der Waals surface area contributed by atoms with Crippen LogP contribution in [0.3, 0.4) is 0 Å². The fourth-order valence-corrected chi connectivity index (χ4v) is 1.94. The van der Waals surface area contributed by atoms with Gasteiger partial charge in [-0.05, 0) is 43.5 Å². The topological polar surface area (TPSA) is 47.3 Å². The smallest absolute Gasteiger partial charge is 0.122 e. The second-order valence-electron chi connectivity index (χ2n) is 4.70. The number of hydrogen-bond donors (Lipinski definition) is 1. The van der Waals surface area contributed by atoms with Crippen molar-refractivity contribution < 1.29 is 9.84 Å². The van der Waals surface area contributed by atoms with E-state index in [1.807, 2.05) is 42.2 Å². The van der Waals surface area contributed by atoms with E-state index in [2.05, 4.69) is 4.98 Å². The molecule has 1 aromatic carbocycles. The van der Waals surface area contributed by atoms with E-state index in [0.29, 0.717) is 6.61 Å². The molecule has 0 unspecified atom stereocenters. The van der Waals surface area contributed by atoms with Crippen molar-refractivity contribution in [2.45, 2.75) is 32.9 Å². The lowest BCUT2D eigenvalue weighted by Gasteiger charge is -2.12. The van der Waals surface area contributed by atoms with E-state index in [1.54, 1.807) is 13.1 Å². The summed E-state index contributed by atoms with van der Waals surface area (Å²) in [6.07, 6.45) is 6.04. The average Bonchev–Trinajstić information content (AvgIpc) is 2.89. The molecular formula is C15H20N2O2. The molecule has 2 rings (SSSR count). The van der Waals surface area contributed by atoms with Gasteiger partial charge in [-0.15, -0.1) is 0 Å². The quantitative estimate of drug-likeness (QED) is 0.812. The highest BCUT2D eigenvalue weighted by Crippen LogP contribution is 2.22. The zero-order valence-corrected chi connectivity index (χ0v) is 11.4. The molecule has 0 aliphatic carbocycles. The fraction of sp³-hybridized carbons (Fsp3) is 0.400. The van der Waals surface area contributed by atoms with E-state index in [1.165, 1.54) is 0 Å². The van der Waals surface area contributed by atoms with Crippen LogP contribution in [0.25, 0.3) is 0 Å². The van der Waals surface area contributed by atoms with E-state index in [4.69, 9.17) is 4.74 Å². The van der Waals surface area contributed by atoms with E-state index < -0.39 is 6.10 Å². The normalized spacial score (nSPS) is 12.4. The average molecular weight is 260 g/mol. The molecule has 1 N–H and O–H groups in total. The Morgan fingerprint density at radius 3 is 2.89 bits per heavy atom. The molecule has 1 aromatic heterocycles. The lowest BCUT2D eigenvalue weighted by Crippen LogP contribution is -2.04. The number of aromatic nitrogens is 2. The Balaban J connectivity index is 1.82. The highest BCUT2D eigenvalue weighted by molar-refractivity contribution is 5.36. The van der Waals surface area contributed by atoms with Gasteiger partial charge < -0.3 is 14.4 Å². The summed E-state index contributed by atoms with van der Waals surface area (Å²) in [5, 5.41) is 9.51. The molecule has 0 fully saturated rings. The van der Waals surface area contributed by atoms with Crippen molar-refractivity contribution in [1.29, 1.82) is 0 Å². The fourth-order valence-electron chi connectivity index (χ4n) is 1.94. The summed E-state index contributed by atoms with van der Waals surface area (Å²) in [4.78, 5) is 4.00. The van der Waals surface area contributed by atoms with Gasteiger partial charge in [0, 0.05) is 18.9 Å². The van der Waals surface area contributed by atoms with Crippen LogP contribution in [-0.4, -0.2) is 21.3 Å². The summed E-state index contributed by atoms with van der Waals surface area (Å²) >= 11 is 0. The van der Waals surface area contributed by atoms with Crippen LogP contribution in [0.1, 0.15) is 30.6 Å². The Morgan fingerprint density at radius 1 is 1.42 bits per heavy atom. The highest BCUT2D eigenvalue weighted by atomic mass is 16.5. The molecule has 0 radical (unpaired) electrons. The van der Waals surface area contributed by atoms with Gasteiger partial charge >= 0.3 is 0 Å². The highest BCUT2D eigenvalue weighted by Gasteiger charge is 2.05. The maximum atomic E-state index is 9.51. The minimum Gasteiger partial charge on any atom is -0.493 e. The predicted molar refractivity (Wildman–Crippen MR) is 74.2 cm³/mol. The zero-order valence-electron chi connectivity index (χ0n) is 11.4. The van der Waals surface area contributed by atoms with Gasteiger partial charge in [0.15, 0.2) is 0 Å². The Kier molecular flexibility index (Phi) is 4.58. The summed E-state index contributed by atoms with van der Waals surface area (Å²) in [5.41, 5.74) is 1.98. The van der Waals surface area contributed by atoms with Crippen LogP contribution in [0.4, 0.5) is 0 Å². The molecule has 0 bridgehead atoms. The maximum absolute atomic E-state index is 9.51. The summed E-state index contributed by atoms with van der Waals surface area (Å²) < 4.78 is 7.79. The van der Waals surface area contributed by atoms with Crippen molar-refractivity contribution in [2.24, 2.45) is 0 Å². The Labute approximate surface area is 113 Å². The minimum atomic E-state index is -0.436. The number of aliphatic hydroxyl groups is 1. The maximum Gasteiger partial charge on any atom is 0.122 e. The van der Waals surface area contributed by atoms with Crippen molar-refractivity contribution in [3.8, 4) is 5.75 Å². The van der Waals surface area contributed by atoms with Gasteiger partial charge in [-0.25, -0.2) is 4.98 Å². The van der Waals surface area contributed by atoms with Crippen LogP contribution < -0.4 is 4.74 Å².